The summed E-state index contributed by atoms with van der Waals surface area (Å²) in [5, 5.41) is 3.61. The van der Waals surface area contributed by atoms with Gasteiger partial charge in [0.25, 0.3) is 0 Å². The second-order valence-corrected chi connectivity index (χ2v) is 10.7. The van der Waals surface area contributed by atoms with Crippen LogP contribution < -0.4 is 5.32 Å². The fraction of sp³-hybridized carbons (Fsp3) is 1.00. The summed E-state index contributed by atoms with van der Waals surface area (Å²) in [6.07, 6.45) is 2.24. The normalized spacial score (nSPS) is 26.0. The molecule has 1 aliphatic rings. The highest BCUT2D eigenvalue weighted by Crippen LogP contribution is 2.18. The Labute approximate surface area is 131 Å². The zero-order chi connectivity index (χ0) is 16.3. The first-order valence-corrected chi connectivity index (χ1v) is 9.88. The quantitative estimate of drug-likeness (QED) is 0.845. The Hall–Kier alpha value is -0.130. The third-order valence-corrected chi connectivity index (χ3v) is 7.00. The molecule has 1 saturated heterocycles. The first-order chi connectivity index (χ1) is 9.53. The molecule has 1 fully saturated rings. The fourth-order valence-corrected chi connectivity index (χ4v) is 3.88. The molecule has 2 unspecified atom stereocenters. The van der Waals surface area contributed by atoms with Gasteiger partial charge in [-0.1, -0.05) is 13.8 Å². The first-order valence-electron chi connectivity index (χ1n) is 8.22. The van der Waals surface area contributed by atoms with Gasteiger partial charge in [0.2, 0.25) is 0 Å². The maximum Gasteiger partial charge on any atom is 0.156 e. The predicted octanol–water partition coefficient (Wildman–Crippen LogP) is 2.30. The lowest BCUT2D eigenvalue weighted by molar-refractivity contribution is 0.209. The minimum atomic E-state index is -3.04. The Morgan fingerprint density at radius 1 is 1.29 bits per heavy atom. The second kappa shape index (κ2) is 7.42. The van der Waals surface area contributed by atoms with E-state index in [4.69, 9.17) is 0 Å². The van der Waals surface area contributed by atoms with Crippen LogP contribution in [-0.2, 0) is 9.84 Å². The van der Waals surface area contributed by atoms with Crippen molar-refractivity contribution in [2.75, 3.05) is 25.4 Å². The highest BCUT2D eigenvalue weighted by Gasteiger charge is 2.31. The minimum Gasteiger partial charge on any atom is -0.313 e. The molecule has 0 saturated carbocycles. The summed E-state index contributed by atoms with van der Waals surface area (Å²) >= 11 is 0. The van der Waals surface area contributed by atoms with Crippen molar-refractivity contribution >= 4 is 9.84 Å². The van der Waals surface area contributed by atoms with Gasteiger partial charge >= 0.3 is 0 Å². The molecule has 0 radical (unpaired) electrons. The lowest BCUT2D eigenvalue weighted by atomic mass is 10.0. The van der Waals surface area contributed by atoms with Crippen molar-refractivity contribution in [2.24, 2.45) is 5.92 Å². The SMILES string of the molecule is CC(C)CC1CN(CCS(=O)(=O)C(C)(C)C)C(C)CCN1. The van der Waals surface area contributed by atoms with E-state index in [0.717, 1.165) is 25.9 Å². The van der Waals surface area contributed by atoms with Gasteiger partial charge in [-0.15, -0.1) is 0 Å². The predicted molar refractivity (Wildman–Crippen MR) is 90.4 cm³/mol. The van der Waals surface area contributed by atoms with E-state index in [0.29, 0.717) is 24.5 Å². The Morgan fingerprint density at radius 3 is 2.43 bits per heavy atom. The Balaban J connectivity index is 2.66. The van der Waals surface area contributed by atoms with Gasteiger partial charge in [0.1, 0.15) is 0 Å². The van der Waals surface area contributed by atoms with E-state index in [1.807, 2.05) is 0 Å². The molecule has 1 heterocycles. The molecule has 1 N–H and O–H groups in total. The highest BCUT2D eigenvalue weighted by atomic mass is 32.2. The number of nitrogens with zero attached hydrogens (tertiary/aromatic N) is 1. The third-order valence-electron chi connectivity index (χ3n) is 4.41. The van der Waals surface area contributed by atoms with E-state index in [-0.39, 0.29) is 5.75 Å². The molecule has 0 aromatic rings. The maximum atomic E-state index is 12.3. The molecular formula is C16H34N2O2S. The average molecular weight is 319 g/mol. The summed E-state index contributed by atoms with van der Waals surface area (Å²) in [4.78, 5) is 2.36. The van der Waals surface area contributed by atoms with Crippen LogP contribution in [0.25, 0.3) is 0 Å². The van der Waals surface area contributed by atoms with Crippen LogP contribution in [0, 0.1) is 5.92 Å². The first kappa shape index (κ1) is 18.9. The summed E-state index contributed by atoms with van der Waals surface area (Å²) < 4.78 is 24.0. The minimum absolute atomic E-state index is 0.259. The molecule has 0 spiro atoms. The zero-order valence-corrected chi connectivity index (χ0v) is 15.5. The molecule has 1 rings (SSSR count). The van der Waals surface area contributed by atoms with E-state index < -0.39 is 14.6 Å². The van der Waals surface area contributed by atoms with Gasteiger partial charge in [0.05, 0.1) is 10.5 Å². The van der Waals surface area contributed by atoms with Crippen LogP contribution in [0.1, 0.15) is 54.4 Å². The van der Waals surface area contributed by atoms with Crippen LogP contribution in [-0.4, -0.2) is 55.5 Å². The van der Waals surface area contributed by atoms with Gasteiger partial charge in [-0.3, -0.25) is 4.90 Å². The van der Waals surface area contributed by atoms with Crippen LogP contribution in [0.3, 0.4) is 0 Å². The summed E-state index contributed by atoms with van der Waals surface area (Å²) in [6, 6.07) is 0.928. The molecule has 0 aromatic heterocycles. The van der Waals surface area contributed by atoms with Crippen molar-refractivity contribution in [3.63, 3.8) is 0 Å². The second-order valence-electron chi connectivity index (χ2n) is 7.84. The standard InChI is InChI=1S/C16H34N2O2S/c1-13(2)11-15-12-18(14(3)7-8-17-15)9-10-21(19,20)16(4,5)6/h13-15,17H,7-12H2,1-6H3. The monoisotopic (exact) mass is 318 g/mol. The molecular weight excluding hydrogens is 284 g/mol. The van der Waals surface area contributed by atoms with Crippen LogP contribution in [0.2, 0.25) is 0 Å². The summed E-state index contributed by atoms with van der Waals surface area (Å²) in [6.45, 7) is 14.7. The number of nitrogens with one attached hydrogen (secondary N) is 1. The molecule has 21 heavy (non-hydrogen) atoms. The molecule has 0 bridgehead atoms. The highest BCUT2D eigenvalue weighted by molar-refractivity contribution is 7.92. The lowest BCUT2D eigenvalue weighted by Gasteiger charge is -2.30. The molecule has 0 amide bonds. The van der Waals surface area contributed by atoms with Crippen LogP contribution in [0.5, 0.6) is 0 Å². The van der Waals surface area contributed by atoms with Gasteiger partial charge in [-0.25, -0.2) is 8.42 Å². The Kier molecular flexibility index (Phi) is 6.69. The summed E-state index contributed by atoms with van der Waals surface area (Å²) in [5.41, 5.74) is 0. The van der Waals surface area contributed by atoms with Crippen molar-refractivity contribution in [1.29, 1.82) is 0 Å². The molecule has 2 atom stereocenters. The molecule has 126 valence electrons. The fourth-order valence-electron chi connectivity index (χ4n) is 2.79. The maximum absolute atomic E-state index is 12.3. The average Bonchev–Trinajstić information content (AvgIpc) is 2.47. The van der Waals surface area contributed by atoms with Crippen LogP contribution in [0.15, 0.2) is 0 Å². The lowest BCUT2D eigenvalue weighted by Crippen LogP contribution is -2.44. The number of hydrogen-bond donors (Lipinski definition) is 1. The van der Waals surface area contributed by atoms with Crippen LogP contribution >= 0.6 is 0 Å². The van der Waals surface area contributed by atoms with Crippen molar-refractivity contribution in [1.82, 2.24) is 10.2 Å². The van der Waals surface area contributed by atoms with Gasteiger partial charge in [0, 0.05) is 25.2 Å². The number of hydrogen-bond acceptors (Lipinski definition) is 4. The topological polar surface area (TPSA) is 49.4 Å². The number of rotatable bonds is 5. The van der Waals surface area contributed by atoms with Crippen molar-refractivity contribution < 1.29 is 8.42 Å². The molecule has 5 heteroatoms. The van der Waals surface area contributed by atoms with Crippen molar-refractivity contribution in [3.8, 4) is 0 Å². The Bertz CT molecular complexity index is 412. The van der Waals surface area contributed by atoms with Gasteiger partial charge in [0.15, 0.2) is 9.84 Å². The van der Waals surface area contributed by atoms with E-state index in [1.54, 1.807) is 20.8 Å². The molecule has 4 nitrogen and oxygen atoms in total. The summed E-state index contributed by atoms with van der Waals surface area (Å²) in [5.74, 6) is 0.922. The van der Waals surface area contributed by atoms with Gasteiger partial charge < -0.3 is 5.32 Å². The number of sulfone groups is 1. The Morgan fingerprint density at radius 2 is 1.90 bits per heavy atom. The molecule has 0 aromatic carbocycles. The summed E-state index contributed by atoms with van der Waals surface area (Å²) in [7, 11) is -3.04. The van der Waals surface area contributed by atoms with Crippen LogP contribution in [0.4, 0.5) is 0 Å². The third kappa shape index (κ3) is 5.87. The molecule has 0 aliphatic carbocycles. The van der Waals surface area contributed by atoms with E-state index in [9.17, 15) is 8.42 Å². The smallest absolute Gasteiger partial charge is 0.156 e. The van der Waals surface area contributed by atoms with E-state index in [2.05, 4.69) is 31.0 Å². The zero-order valence-electron chi connectivity index (χ0n) is 14.6. The van der Waals surface area contributed by atoms with E-state index >= 15 is 0 Å². The van der Waals surface area contributed by atoms with Crippen molar-refractivity contribution in [2.45, 2.75) is 71.2 Å². The van der Waals surface area contributed by atoms with E-state index in [1.165, 1.54) is 0 Å². The van der Waals surface area contributed by atoms with Crippen molar-refractivity contribution in [3.05, 3.63) is 0 Å². The van der Waals surface area contributed by atoms with Gasteiger partial charge in [-0.05, 0) is 53.0 Å². The molecule has 1 aliphatic heterocycles. The largest absolute Gasteiger partial charge is 0.313 e. The van der Waals surface area contributed by atoms with Gasteiger partial charge in [-0.2, -0.15) is 0 Å².